The maximum absolute atomic E-state index is 12.6. The van der Waals surface area contributed by atoms with Gasteiger partial charge in [-0.05, 0) is 30.0 Å². The molecule has 1 unspecified atom stereocenters. The maximum atomic E-state index is 12.6. The number of hydrogen-bond acceptors (Lipinski definition) is 6. The van der Waals surface area contributed by atoms with Crippen LogP contribution in [-0.4, -0.2) is 32.2 Å². The number of benzene rings is 1. The second-order valence-electron chi connectivity index (χ2n) is 6.79. The topological polar surface area (TPSA) is 104 Å². The van der Waals surface area contributed by atoms with Crippen LogP contribution in [0, 0.1) is 0 Å². The Labute approximate surface area is 173 Å². The Hall–Kier alpha value is -2.87. The summed E-state index contributed by atoms with van der Waals surface area (Å²) in [4.78, 5) is 23.8. The molecule has 1 aromatic carbocycles. The van der Waals surface area contributed by atoms with Gasteiger partial charge in [-0.15, -0.1) is 10.2 Å². The van der Waals surface area contributed by atoms with Crippen LogP contribution >= 0.6 is 11.8 Å². The van der Waals surface area contributed by atoms with Crippen LogP contribution in [0.25, 0.3) is 11.6 Å². The molecule has 0 radical (unpaired) electrons. The number of thioether (sulfide) groups is 1. The second kappa shape index (κ2) is 9.56. The van der Waals surface area contributed by atoms with E-state index in [1.54, 1.807) is 23.0 Å². The van der Waals surface area contributed by atoms with E-state index in [1.807, 2.05) is 24.3 Å². The maximum Gasteiger partial charge on any atom is 0.219 e. The summed E-state index contributed by atoms with van der Waals surface area (Å²) < 4.78 is 7.16. The van der Waals surface area contributed by atoms with Gasteiger partial charge in [0.05, 0.1) is 12.0 Å². The van der Waals surface area contributed by atoms with E-state index in [1.165, 1.54) is 17.3 Å². The summed E-state index contributed by atoms with van der Waals surface area (Å²) in [5.74, 6) is 1.32. The molecular weight excluding hydrogens is 388 g/mol. The number of hydrogen-bond donors (Lipinski definition) is 1. The number of amides is 1. The third kappa shape index (κ3) is 5.14. The Balaban J connectivity index is 1.72. The van der Waals surface area contributed by atoms with Gasteiger partial charge in [0.1, 0.15) is 0 Å². The Morgan fingerprint density at radius 2 is 1.97 bits per heavy atom. The standard InChI is InChI=1S/C21H24N4O3S/c1-3-14(2)15-6-8-16(9-7-15)17(26)13-29-21-24-23-20(18-5-4-12-28-18)25(21)11-10-19(22)27/h4-9,12,14H,3,10-11,13H2,1-2H3,(H2,22,27). The molecule has 0 aliphatic rings. The fourth-order valence-electron chi connectivity index (χ4n) is 2.85. The van der Waals surface area contributed by atoms with Crippen LogP contribution in [0.2, 0.25) is 0 Å². The number of rotatable bonds is 10. The lowest BCUT2D eigenvalue weighted by Gasteiger charge is -2.10. The van der Waals surface area contributed by atoms with Crippen molar-refractivity contribution < 1.29 is 14.0 Å². The van der Waals surface area contributed by atoms with Crippen molar-refractivity contribution in [1.29, 1.82) is 0 Å². The van der Waals surface area contributed by atoms with E-state index < -0.39 is 5.91 Å². The third-order valence-corrected chi connectivity index (χ3v) is 5.75. The average molecular weight is 413 g/mol. The first-order valence-corrected chi connectivity index (χ1v) is 10.5. The minimum atomic E-state index is -0.419. The Morgan fingerprint density at radius 3 is 2.59 bits per heavy atom. The van der Waals surface area contributed by atoms with Gasteiger partial charge in [-0.1, -0.05) is 49.9 Å². The molecule has 0 fully saturated rings. The molecule has 3 rings (SSSR count). The van der Waals surface area contributed by atoms with Gasteiger partial charge in [0, 0.05) is 18.5 Å². The van der Waals surface area contributed by atoms with Crippen molar-refractivity contribution in [3.8, 4) is 11.6 Å². The fraction of sp³-hybridized carbons (Fsp3) is 0.333. The van der Waals surface area contributed by atoms with Gasteiger partial charge in [-0.2, -0.15) is 0 Å². The Kier molecular flexibility index (Phi) is 6.87. The predicted octanol–water partition coefficient (Wildman–Crippen LogP) is 3.90. The smallest absolute Gasteiger partial charge is 0.219 e. The molecule has 0 bridgehead atoms. The largest absolute Gasteiger partial charge is 0.461 e. The van der Waals surface area contributed by atoms with Crippen LogP contribution in [-0.2, 0) is 11.3 Å². The van der Waals surface area contributed by atoms with E-state index in [0.29, 0.717) is 34.8 Å². The molecule has 152 valence electrons. The zero-order valence-electron chi connectivity index (χ0n) is 16.5. The minimum absolute atomic E-state index is 0.00898. The number of carbonyl (C=O) groups is 2. The van der Waals surface area contributed by atoms with Crippen LogP contribution in [0.15, 0.2) is 52.2 Å². The Morgan fingerprint density at radius 1 is 1.21 bits per heavy atom. The van der Waals surface area contributed by atoms with Crippen LogP contribution in [0.3, 0.4) is 0 Å². The van der Waals surface area contributed by atoms with Gasteiger partial charge in [-0.25, -0.2) is 0 Å². The SMILES string of the molecule is CCC(C)c1ccc(C(=O)CSc2nnc(-c3ccco3)n2CCC(N)=O)cc1. The zero-order valence-corrected chi connectivity index (χ0v) is 17.3. The summed E-state index contributed by atoms with van der Waals surface area (Å²) in [6.07, 6.45) is 2.74. The summed E-state index contributed by atoms with van der Waals surface area (Å²) >= 11 is 1.28. The normalized spacial score (nSPS) is 12.1. The first-order chi connectivity index (χ1) is 14.0. The molecule has 0 saturated heterocycles. The van der Waals surface area contributed by atoms with Crippen LogP contribution in [0.1, 0.15) is 48.5 Å². The molecule has 1 amide bonds. The number of nitrogens with two attached hydrogens (primary N) is 1. The van der Waals surface area contributed by atoms with Gasteiger partial charge < -0.3 is 10.2 Å². The highest BCUT2D eigenvalue weighted by molar-refractivity contribution is 7.99. The number of ketones is 1. The van der Waals surface area contributed by atoms with Crippen molar-refractivity contribution in [2.24, 2.45) is 5.73 Å². The fourth-order valence-corrected chi connectivity index (χ4v) is 3.71. The molecule has 3 aromatic rings. The lowest BCUT2D eigenvalue weighted by molar-refractivity contribution is -0.118. The van der Waals surface area contributed by atoms with Crippen LogP contribution < -0.4 is 5.73 Å². The second-order valence-corrected chi connectivity index (χ2v) is 7.74. The van der Waals surface area contributed by atoms with E-state index in [2.05, 4.69) is 24.0 Å². The van der Waals surface area contributed by atoms with Gasteiger partial charge in [0.15, 0.2) is 22.5 Å². The van der Waals surface area contributed by atoms with Gasteiger partial charge in [-0.3, -0.25) is 14.2 Å². The summed E-state index contributed by atoms with van der Waals surface area (Å²) in [6.45, 7) is 4.63. The van der Waals surface area contributed by atoms with Crippen LogP contribution in [0.5, 0.6) is 0 Å². The summed E-state index contributed by atoms with van der Waals surface area (Å²) in [5.41, 5.74) is 7.19. The Bertz CT molecular complexity index is 964. The molecule has 0 spiro atoms. The molecule has 2 N–H and O–H groups in total. The van der Waals surface area contributed by atoms with Gasteiger partial charge in [0.25, 0.3) is 0 Å². The van der Waals surface area contributed by atoms with Crippen LogP contribution in [0.4, 0.5) is 0 Å². The monoisotopic (exact) mass is 412 g/mol. The van der Waals surface area contributed by atoms with Crippen molar-refractivity contribution in [2.75, 3.05) is 5.75 Å². The number of aromatic nitrogens is 3. The highest BCUT2D eigenvalue weighted by Crippen LogP contribution is 2.26. The molecule has 7 nitrogen and oxygen atoms in total. The molecule has 0 aliphatic carbocycles. The van der Waals surface area contributed by atoms with Gasteiger partial charge in [0.2, 0.25) is 5.91 Å². The molecule has 0 saturated carbocycles. The van der Waals surface area contributed by atoms with Crippen molar-refractivity contribution >= 4 is 23.5 Å². The highest BCUT2D eigenvalue weighted by Gasteiger charge is 2.18. The molecule has 0 aliphatic heterocycles. The first-order valence-electron chi connectivity index (χ1n) is 9.51. The van der Waals surface area contributed by atoms with E-state index in [0.717, 1.165) is 6.42 Å². The van der Waals surface area contributed by atoms with Gasteiger partial charge >= 0.3 is 0 Å². The number of furan rings is 1. The zero-order chi connectivity index (χ0) is 20.8. The molecule has 8 heteroatoms. The summed E-state index contributed by atoms with van der Waals surface area (Å²) in [5, 5.41) is 8.88. The molecular formula is C21H24N4O3S. The van der Waals surface area contributed by atoms with Crippen molar-refractivity contribution in [1.82, 2.24) is 14.8 Å². The summed E-state index contributed by atoms with van der Waals surface area (Å²) in [6, 6.07) is 11.3. The number of Topliss-reactive ketones (excluding diaryl/α,β-unsaturated/α-hetero) is 1. The van der Waals surface area contributed by atoms with E-state index in [9.17, 15) is 9.59 Å². The number of nitrogens with zero attached hydrogens (tertiary/aromatic N) is 3. The molecule has 2 aromatic heterocycles. The molecule has 29 heavy (non-hydrogen) atoms. The predicted molar refractivity (Wildman–Crippen MR) is 112 cm³/mol. The van der Waals surface area contributed by atoms with Crippen molar-refractivity contribution in [3.63, 3.8) is 0 Å². The summed E-state index contributed by atoms with van der Waals surface area (Å²) in [7, 11) is 0. The lowest BCUT2D eigenvalue weighted by Crippen LogP contribution is -2.15. The quantitative estimate of drug-likeness (QED) is 0.400. The van der Waals surface area contributed by atoms with Crippen molar-refractivity contribution in [2.45, 2.75) is 44.3 Å². The lowest BCUT2D eigenvalue weighted by atomic mass is 9.97. The number of carbonyl (C=O) groups excluding carboxylic acids is 2. The third-order valence-electron chi connectivity index (χ3n) is 4.79. The van der Waals surface area contributed by atoms with E-state index >= 15 is 0 Å². The van der Waals surface area contributed by atoms with Crippen molar-refractivity contribution in [3.05, 3.63) is 53.8 Å². The molecule has 2 heterocycles. The van der Waals surface area contributed by atoms with E-state index in [4.69, 9.17) is 10.2 Å². The highest BCUT2D eigenvalue weighted by atomic mass is 32.2. The minimum Gasteiger partial charge on any atom is -0.461 e. The molecule has 1 atom stereocenters. The number of primary amides is 1. The average Bonchev–Trinajstić information content (AvgIpc) is 3.39. The van der Waals surface area contributed by atoms with E-state index in [-0.39, 0.29) is 18.0 Å². The first kappa shape index (κ1) is 20.9.